The highest BCUT2D eigenvalue weighted by atomic mass is 16.4. The molecule has 0 spiro atoms. The van der Waals surface area contributed by atoms with Crippen LogP contribution in [0.3, 0.4) is 0 Å². The first-order valence-corrected chi connectivity index (χ1v) is 6.11. The summed E-state index contributed by atoms with van der Waals surface area (Å²) in [4.78, 5) is 11.0. The zero-order valence-electron chi connectivity index (χ0n) is 10.4. The second-order valence-corrected chi connectivity index (χ2v) is 4.93. The van der Waals surface area contributed by atoms with E-state index in [2.05, 4.69) is 37.4 Å². The largest absolute Gasteiger partial charge is 0.480 e. The first-order chi connectivity index (χ1) is 8.08. The van der Waals surface area contributed by atoms with Crippen LogP contribution in [0.2, 0.25) is 0 Å². The molecule has 3 heteroatoms. The van der Waals surface area contributed by atoms with Crippen LogP contribution in [0.1, 0.15) is 35.4 Å². The average Bonchev–Trinajstić information content (AvgIpc) is 2.29. The number of hydrogen-bond acceptors (Lipinski definition) is 2. The Bertz CT molecular complexity index is 428. The smallest absolute Gasteiger partial charge is 0.320 e. The quantitative estimate of drug-likeness (QED) is 0.823. The fraction of sp³-hybridized carbons (Fsp3) is 0.500. The van der Waals surface area contributed by atoms with E-state index in [1.165, 1.54) is 16.7 Å². The molecule has 2 atom stereocenters. The summed E-state index contributed by atoms with van der Waals surface area (Å²) in [5.41, 5.74) is 3.85. The van der Waals surface area contributed by atoms with Gasteiger partial charge in [-0.3, -0.25) is 4.79 Å². The molecule has 0 bridgehead atoms. The minimum absolute atomic E-state index is 0.373. The highest BCUT2D eigenvalue weighted by Gasteiger charge is 2.27. The van der Waals surface area contributed by atoms with Crippen LogP contribution in [0, 0.1) is 13.8 Å². The lowest BCUT2D eigenvalue weighted by atomic mass is 9.84. The molecule has 1 aliphatic heterocycles. The molecular weight excluding hydrogens is 214 g/mol. The van der Waals surface area contributed by atoms with Crippen LogP contribution >= 0.6 is 0 Å². The van der Waals surface area contributed by atoms with E-state index in [9.17, 15) is 4.79 Å². The monoisotopic (exact) mass is 233 g/mol. The van der Waals surface area contributed by atoms with Crippen LogP contribution in [0.25, 0.3) is 0 Å². The molecule has 1 aromatic rings. The van der Waals surface area contributed by atoms with Gasteiger partial charge in [0.15, 0.2) is 0 Å². The van der Waals surface area contributed by atoms with Crippen molar-refractivity contribution in [3.8, 4) is 0 Å². The summed E-state index contributed by atoms with van der Waals surface area (Å²) in [5.74, 6) is -0.364. The third kappa shape index (κ3) is 2.67. The van der Waals surface area contributed by atoms with Gasteiger partial charge in [0.1, 0.15) is 6.04 Å². The zero-order valence-corrected chi connectivity index (χ0v) is 10.4. The molecule has 0 aromatic heterocycles. The molecule has 0 amide bonds. The lowest BCUT2D eigenvalue weighted by Gasteiger charge is -2.29. The Morgan fingerprint density at radius 2 is 2.18 bits per heavy atom. The number of carboxylic acids is 1. The molecule has 2 rings (SSSR count). The molecule has 3 nitrogen and oxygen atoms in total. The molecule has 1 aromatic carbocycles. The van der Waals surface area contributed by atoms with E-state index >= 15 is 0 Å². The number of aryl methyl sites for hydroxylation is 2. The van der Waals surface area contributed by atoms with Gasteiger partial charge in [-0.05, 0) is 50.3 Å². The van der Waals surface area contributed by atoms with Crippen molar-refractivity contribution in [1.29, 1.82) is 0 Å². The second-order valence-electron chi connectivity index (χ2n) is 4.93. The van der Waals surface area contributed by atoms with Crippen LogP contribution in [-0.4, -0.2) is 23.7 Å². The molecule has 2 unspecified atom stereocenters. The van der Waals surface area contributed by atoms with E-state index in [4.69, 9.17) is 5.11 Å². The maximum absolute atomic E-state index is 11.0. The van der Waals surface area contributed by atoms with E-state index < -0.39 is 12.0 Å². The number of piperidine rings is 1. The van der Waals surface area contributed by atoms with Crippen LogP contribution < -0.4 is 5.32 Å². The third-order valence-electron chi connectivity index (χ3n) is 3.57. The first kappa shape index (κ1) is 12.1. The highest BCUT2D eigenvalue weighted by Crippen LogP contribution is 2.30. The van der Waals surface area contributed by atoms with E-state index in [0.29, 0.717) is 12.3 Å². The summed E-state index contributed by atoms with van der Waals surface area (Å²) in [5, 5.41) is 12.1. The van der Waals surface area contributed by atoms with Gasteiger partial charge in [-0.15, -0.1) is 0 Å². The molecule has 2 N–H and O–H groups in total. The van der Waals surface area contributed by atoms with Crippen molar-refractivity contribution in [3.05, 3.63) is 34.9 Å². The fourth-order valence-corrected chi connectivity index (χ4v) is 2.67. The topological polar surface area (TPSA) is 49.3 Å². The second kappa shape index (κ2) is 4.88. The number of nitrogens with one attached hydrogen (secondary N) is 1. The van der Waals surface area contributed by atoms with Gasteiger partial charge in [0.2, 0.25) is 0 Å². The molecule has 92 valence electrons. The lowest BCUT2D eigenvalue weighted by Crippen LogP contribution is -2.42. The molecule has 0 aliphatic carbocycles. The first-order valence-electron chi connectivity index (χ1n) is 6.11. The molecule has 17 heavy (non-hydrogen) atoms. The Hall–Kier alpha value is -1.35. The van der Waals surface area contributed by atoms with Crippen molar-refractivity contribution in [2.24, 2.45) is 0 Å². The van der Waals surface area contributed by atoms with Crippen LogP contribution in [-0.2, 0) is 4.79 Å². The van der Waals surface area contributed by atoms with E-state index in [0.717, 1.165) is 13.0 Å². The van der Waals surface area contributed by atoms with Crippen LogP contribution in [0.15, 0.2) is 18.2 Å². The van der Waals surface area contributed by atoms with Gasteiger partial charge in [-0.25, -0.2) is 0 Å². The van der Waals surface area contributed by atoms with Gasteiger partial charge in [-0.2, -0.15) is 0 Å². The van der Waals surface area contributed by atoms with E-state index in [-0.39, 0.29) is 0 Å². The van der Waals surface area contributed by atoms with E-state index in [1.54, 1.807) is 0 Å². The van der Waals surface area contributed by atoms with Gasteiger partial charge < -0.3 is 10.4 Å². The summed E-state index contributed by atoms with van der Waals surface area (Å²) in [6.07, 6.45) is 1.72. The minimum Gasteiger partial charge on any atom is -0.480 e. The SMILES string of the molecule is Cc1ccc(C2CCNC(C(=O)O)C2)c(C)c1. The van der Waals surface area contributed by atoms with Gasteiger partial charge in [0, 0.05) is 0 Å². The van der Waals surface area contributed by atoms with Crippen molar-refractivity contribution >= 4 is 5.97 Å². The molecule has 1 heterocycles. The van der Waals surface area contributed by atoms with Crippen molar-refractivity contribution in [3.63, 3.8) is 0 Å². The number of hydrogen-bond donors (Lipinski definition) is 2. The molecule has 0 saturated carbocycles. The number of rotatable bonds is 2. The molecule has 1 saturated heterocycles. The molecule has 1 fully saturated rings. The minimum atomic E-state index is -0.737. The van der Waals surface area contributed by atoms with Crippen molar-refractivity contribution in [1.82, 2.24) is 5.32 Å². The summed E-state index contributed by atoms with van der Waals surface area (Å²) in [6.45, 7) is 4.98. The Morgan fingerprint density at radius 1 is 1.41 bits per heavy atom. The van der Waals surface area contributed by atoms with Crippen LogP contribution in [0.4, 0.5) is 0 Å². The maximum atomic E-state index is 11.0. The predicted octanol–water partition coefficient (Wildman–Crippen LogP) is 2.22. The Balaban J connectivity index is 2.19. The lowest BCUT2D eigenvalue weighted by molar-refractivity contribution is -0.140. The summed E-state index contributed by atoms with van der Waals surface area (Å²) in [6, 6.07) is 6.04. The zero-order chi connectivity index (χ0) is 12.4. The number of aliphatic carboxylic acids is 1. The number of carboxylic acid groups (broad SMARTS) is 1. The van der Waals surface area contributed by atoms with Crippen molar-refractivity contribution < 1.29 is 9.90 Å². The van der Waals surface area contributed by atoms with Crippen molar-refractivity contribution in [2.45, 2.75) is 38.6 Å². The average molecular weight is 233 g/mol. The predicted molar refractivity (Wildman–Crippen MR) is 67.3 cm³/mol. The van der Waals surface area contributed by atoms with Gasteiger partial charge >= 0.3 is 5.97 Å². The number of benzene rings is 1. The Morgan fingerprint density at radius 3 is 2.82 bits per heavy atom. The standard InChI is InChI=1S/C14H19NO2/c1-9-3-4-12(10(2)7-9)11-5-6-15-13(8-11)14(16)17/h3-4,7,11,13,15H,5-6,8H2,1-2H3,(H,16,17). The van der Waals surface area contributed by atoms with E-state index in [1.807, 2.05) is 0 Å². The third-order valence-corrected chi connectivity index (χ3v) is 3.57. The molecular formula is C14H19NO2. The number of carbonyl (C=O) groups is 1. The summed E-state index contributed by atoms with van der Waals surface area (Å²) < 4.78 is 0. The van der Waals surface area contributed by atoms with Gasteiger partial charge in [0.05, 0.1) is 0 Å². The molecule has 1 aliphatic rings. The van der Waals surface area contributed by atoms with Gasteiger partial charge in [-0.1, -0.05) is 23.8 Å². The fourth-order valence-electron chi connectivity index (χ4n) is 2.67. The Labute approximate surface area is 102 Å². The van der Waals surface area contributed by atoms with Gasteiger partial charge in [0.25, 0.3) is 0 Å². The summed E-state index contributed by atoms with van der Waals surface area (Å²) >= 11 is 0. The maximum Gasteiger partial charge on any atom is 0.320 e. The normalized spacial score (nSPS) is 24.6. The van der Waals surface area contributed by atoms with Crippen LogP contribution in [0.5, 0.6) is 0 Å². The highest BCUT2D eigenvalue weighted by molar-refractivity contribution is 5.73. The summed E-state index contributed by atoms with van der Waals surface area (Å²) in [7, 11) is 0. The molecule has 0 radical (unpaired) electrons. The van der Waals surface area contributed by atoms with Crippen molar-refractivity contribution in [2.75, 3.05) is 6.54 Å². The Kier molecular flexibility index (Phi) is 3.48.